The molecule has 0 spiro atoms. The summed E-state index contributed by atoms with van der Waals surface area (Å²) < 4.78 is 0. The van der Waals surface area contributed by atoms with Crippen molar-refractivity contribution < 1.29 is 19.5 Å². The predicted octanol–water partition coefficient (Wildman–Crippen LogP) is 2.38. The Bertz CT molecular complexity index is 830. The maximum absolute atomic E-state index is 12.8. The lowest BCUT2D eigenvalue weighted by molar-refractivity contribution is -0.140. The van der Waals surface area contributed by atoms with Crippen molar-refractivity contribution in [1.82, 2.24) is 25.5 Å². The van der Waals surface area contributed by atoms with E-state index >= 15 is 0 Å². The summed E-state index contributed by atoms with van der Waals surface area (Å²) in [5, 5.41) is 22.0. The molecule has 2 saturated heterocycles. The first kappa shape index (κ1) is 17.7. The maximum atomic E-state index is 12.8. The van der Waals surface area contributed by atoms with E-state index in [-0.39, 0.29) is 24.7 Å². The molecular formula is C17H19N5O4S. The van der Waals surface area contributed by atoms with Crippen LogP contribution in [0.4, 0.5) is 9.59 Å². The van der Waals surface area contributed by atoms with Gasteiger partial charge in [0.1, 0.15) is 16.6 Å². The second kappa shape index (κ2) is 7.49. The molecule has 27 heavy (non-hydrogen) atoms. The number of carboxylic acid groups (broad SMARTS) is 1. The van der Waals surface area contributed by atoms with Gasteiger partial charge >= 0.3 is 12.1 Å². The predicted molar refractivity (Wildman–Crippen MR) is 95.7 cm³/mol. The van der Waals surface area contributed by atoms with E-state index in [1.54, 1.807) is 4.90 Å². The molecule has 1 aromatic heterocycles. The van der Waals surface area contributed by atoms with Gasteiger partial charge in [-0.25, -0.2) is 9.59 Å². The van der Waals surface area contributed by atoms with Crippen molar-refractivity contribution in [2.24, 2.45) is 0 Å². The molecule has 2 aromatic rings. The van der Waals surface area contributed by atoms with Crippen LogP contribution < -0.4 is 5.32 Å². The fourth-order valence-corrected chi connectivity index (χ4v) is 4.33. The summed E-state index contributed by atoms with van der Waals surface area (Å²) in [6.07, 6.45) is 0.500. The van der Waals surface area contributed by atoms with Crippen molar-refractivity contribution >= 4 is 23.5 Å². The molecule has 2 aliphatic heterocycles. The molecule has 3 heterocycles. The van der Waals surface area contributed by atoms with E-state index in [4.69, 9.17) is 9.94 Å². The van der Waals surface area contributed by atoms with E-state index < -0.39 is 6.09 Å². The third-order valence-electron chi connectivity index (χ3n) is 4.69. The van der Waals surface area contributed by atoms with Crippen molar-refractivity contribution in [3.8, 4) is 0 Å². The number of carbonyl (C=O) groups excluding carboxylic acids is 1. The Hall–Kier alpha value is -2.72. The van der Waals surface area contributed by atoms with E-state index in [0.29, 0.717) is 18.2 Å². The summed E-state index contributed by atoms with van der Waals surface area (Å²) in [6, 6.07) is 9.49. The second-order valence-electron chi connectivity index (χ2n) is 6.46. The Morgan fingerprint density at radius 1 is 1.30 bits per heavy atom. The third kappa shape index (κ3) is 3.71. The van der Waals surface area contributed by atoms with Crippen LogP contribution in [-0.2, 0) is 18.0 Å². The SMILES string of the molecule is O=C(O)NCc1nnc([C@@H]2CC[C@@H]3CN2C(=O)N3OCc2ccccc2)s1. The summed E-state index contributed by atoms with van der Waals surface area (Å²) in [6.45, 7) is 1.06. The minimum absolute atomic E-state index is 0.0403. The van der Waals surface area contributed by atoms with E-state index in [1.807, 2.05) is 30.3 Å². The standard InChI is InChI=1S/C17H19N5O4S/c23-16(24)18-8-14-19-20-15(27-14)13-7-6-12-9-21(13)17(25)22(12)26-10-11-4-2-1-3-5-11/h1-5,12-13,18H,6-10H2,(H,23,24)/t12-,13+/m1/s1. The first-order chi connectivity index (χ1) is 13.1. The first-order valence-corrected chi connectivity index (χ1v) is 9.49. The van der Waals surface area contributed by atoms with Gasteiger partial charge in [-0.05, 0) is 18.4 Å². The number of nitrogens with one attached hydrogen (secondary N) is 1. The molecule has 2 atom stereocenters. The smallest absolute Gasteiger partial charge is 0.405 e. The molecule has 2 N–H and O–H groups in total. The molecule has 142 valence electrons. The highest BCUT2D eigenvalue weighted by Gasteiger charge is 2.47. The Morgan fingerprint density at radius 3 is 2.89 bits per heavy atom. The van der Waals surface area contributed by atoms with Crippen molar-refractivity contribution in [2.75, 3.05) is 6.54 Å². The van der Waals surface area contributed by atoms with Gasteiger partial charge in [0.05, 0.1) is 18.6 Å². The molecule has 0 unspecified atom stereocenters. The van der Waals surface area contributed by atoms with Gasteiger partial charge in [-0.1, -0.05) is 41.7 Å². The van der Waals surface area contributed by atoms with Gasteiger partial charge in [0.15, 0.2) is 0 Å². The van der Waals surface area contributed by atoms with Gasteiger partial charge in [0, 0.05) is 6.54 Å². The van der Waals surface area contributed by atoms with Crippen LogP contribution in [0.2, 0.25) is 0 Å². The van der Waals surface area contributed by atoms with Crippen molar-refractivity contribution in [2.45, 2.75) is 38.1 Å². The minimum Gasteiger partial charge on any atom is -0.465 e. The highest BCUT2D eigenvalue weighted by molar-refractivity contribution is 7.11. The zero-order valence-corrected chi connectivity index (χ0v) is 15.3. The van der Waals surface area contributed by atoms with E-state index in [9.17, 15) is 9.59 Å². The molecule has 0 aliphatic carbocycles. The molecule has 2 fully saturated rings. The Balaban J connectivity index is 1.41. The molecule has 4 rings (SSSR count). The lowest BCUT2D eigenvalue weighted by Crippen LogP contribution is -2.33. The number of urea groups is 1. The van der Waals surface area contributed by atoms with Gasteiger partial charge in [-0.3, -0.25) is 4.84 Å². The number of rotatable bonds is 6. The molecule has 2 aliphatic rings. The molecule has 0 radical (unpaired) electrons. The summed E-state index contributed by atoms with van der Waals surface area (Å²) in [5.41, 5.74) is 1.01. The molecular weight excluding hydrogens is 370 g/mol. The number of piperidine rings is 1. The van der Waals surface area contributed by atoms with Gasteiger partial charge in [-0.2, -0.15) is 5.06 Å². The number of nitrogens with zero attached hydrogens (tertiary/aromatic N) is 4. The molecule has 9 nitrogen and oxygen atoms in total. The highest BCUT2D eigenvalue weighted by Crippen LogP contribution is 2.39. The van der Waals surface area contributed by atoms with Crippen molar-refractivity contribution in [3.05, 3.63) is 45.9 Å². The van der Waals surface area contributed by atoms with Crippen LogP contribution in [0, 0.1) is 0 Å². The van der Waals surface area contributed by atoms with Gasteiger partial charge in [0.25, 0.3) is 0 Å². The number of hydrogen-bond acceptors (Lipinski definition) is 6. The quantitative estimate of drug-likeness (QED) is 0.785. The molecule has 10 heteroatoms. The van der Waals surface area contributed by atoms with Crippen LogP contribution in [-0.4, -0.2) is 50.0 Å². The number of aromatic nitrogens is 2. The van der Waals surface area contributed by atoms with Crippen LogP contribution >= 0.6 is 11.3 Å². The highest BCUT2D eigenvalue weighted by atomic mass is 32.1. The number of fused-ring (bicyclic) bond motifs is 2. The second-order valence-corrected chi connectivity index (χ2v) is 7.55. The lowest BCUT2D eigenvalue weighted by Gasteiger charge is -2.28. The van der Waals surface area contributed by atoms with Crippen LogP contribution in [0.3, 0.4) is 0 Å². The number of carbonyl (C=O) groups is 2. The zero-order chi connectivity index (χ0) is 18.8. The van der Waals surface area contributed by atoms with Crippen molar-refractivity contribution in [3.63, 3.8) is 0 Å². The largest absolute Gasteiger partial charge is 0.465 e. The monoisotopic (exact) mass is 389 g/mol. The average molecular weight is 389 g/mol. The molecule has 0 saturated carbocycles. The average Bonchev–Trinajstić information content (AvgIpc) is 3.24. The first-order valence-electron chi connectivity index (χ1n) is 8.67. The Morgan fingerprint density at radius 2 is 2.11 bits per heavy atom. The lowest BCUT2D eigenvalue weighted by atomic mass is 10.0. The van der Waals surface area contributed by atoms with Crippen LogP contribution in [0.15, 0.2) is 30.3 Å². The van der Waals surface area contributed by atoms with E-state index in [1.165, 1.54) is 16.4 Å². The minimum atomic E-state index is -1.10. The van der Waals surface area contributed by atoms with Crippen LogP contribution in [0.25, 0.3) is 0 Å². The van der Waals surface area contributed by atoms with Gasteiger partial charge < -0.3 is 15.3 Å². The fraction of sp³-hybridized carbons (Fsp3) is 0.412. The normalized spacial score (nSPS) is 21.6. The summed E-state index contributed by atoms with van der Waals surface area (Å²) in [4.78, 5) is 31.0. The fourth-order valence-electron chi connectivity index (χ4n) is 3.40. The third-order valence-corrected chi connectivity index (χ3v) is 5.72. The van der Waals surface area contributed by atoms with Crippen LogP contribution in [0.5, 0.6) is 0 Å². The number of hydrogen-bond donors (Lipinski definition) is 2. The number of benzene rings is 1. The molecule has 1 aromatic carbocycles. The van der Waals surface area contributed by atoms with E-state index in [2.05, 4.69) is 15.5 Å². The van der Waals surface area contributed by atoms with Crippen LogP contribution in [0.1, 0.15) is 34.5 Å². The molecule has 3 amide bonds. The van der Waals surface area contributed by atoms with Gasteiger partial charge in [0.2, 0.25) is 0 Å². The van der Waals surface area contributed by atoms with E-state index in [0.717, 1.165) is 23.4 Å². The maximum Gasteiger partial charge on any atom is 0.405 e. The summed E-state index contributed by atoms with van der Waals surface area (Å²) in [7, 11) is 0. The molecule has 2 bridgehead atoms. The summed E-state index contributed by atoms with van der Waals surface area (Å²) >= 11 is 1.33. The van der Waals surface area contributed by atoms with Crippen molar-refractivity contribution in [1.29, 1.82) is 0 Å². The zero-order valence-electron chi connectivity index (χ0n) is 14.4. The topological polar surface area (TPSA) is 108 Å². The Kier molecular flexibility index (Phi) is 4.90. The summed E-state index contributed by atoms with van der Waals surface area (Å²) in [5.74, 6) is 0. The van der Waals surface area contributed by atoms with Gasteiger partial charge in [-0.15, -0.1) is 10.2 Å². The Labute approximate surface area is 159 Å². The number of hydroxylamine groups is 2. The number of amides is 3.